The Bertz CT molecular complexity index is 1190. The zero-order chi connectivity index (χ0) is 23.7. The molecule has 0 bridgehead atoms. The van der Waals surface area contributed by atoms with Gasteiger partial charge >= 0.3 is 0 Å². The predicted molar refractivity (Wildman–Crippen MR) is 127 cm³/mol. The largest absolute Gasteiger partial charge is 0.393 e. The summed E-state index contributed by atoms with van der Waals surface area (Å²) in [6, 6.07) is 15.9. The summed E-state index contributed by atoms with van der Waals surface area (Å²) in [5, 5.41) is 34.2. The van der Waals surface area contributed by atoms with Crippen molar-refractivity contribution in [3.8, 4) is 22.5 Å². The summed E-state index contributed by atoms with van der Waals surface area (Å²) in [5.74, 6) is 1.19. The molecular formula is C25H28N6O3. The van der Waals surface area contributed by atoms with Crippen molar-refractivity contribution in [2.24, 2.45) is 4.99 Å². The van der Waals surface area contributed by atoms with E-state index in [0.29, 0.717) is 50.3 Å². The number of aromatic nitrogens is 4. The second-order valence-corrected chi connectivity index (χ2v) is 9.21. The molecule has 1 fully saturated rings. The maximum atomic E-state index is 13.4. The number of aromatic amines is 1. The van der Waals surface area contributed by atoms with E-state index in [1.807, 2.05) is 48.5 Å². The van der Waals surface area contributed by atoms with Gasteiger partial charge in [-0.1, -0.05) is 48.5 Å². The minimum atomic E-state index is -0.850. The average Bonchev–Trinajstić information content (AvgIpc) is 3.56. The smallest absolute Gasteiger partial charge is 0.256 e. The van der Waals surface area contributed by atoms with Crippen molar-refractivity contribution in [2.75, 3.05) is 0 Å². The van der Waals surface area contributed by atoms with E-state index < -0.39 is 17.7 Å². The van der Waals surface area contributed by atoms with Crippen LogP contribution in [0.5, 0.6) is 0 Å². The Morgan fingerprint density at radius 2 is 1.94 bits per heavy atom. The number of carbonyl (C=O) groups excluding carboxylic acids is 1. The Labute approximate surface area is 197 Å². The number of benzene rings is 2. The van der Waals surface area contributed by atoms with E-state index in [1.165, 1.54) is 0 Å². The molecule has 1 amide bonds. The van der Waals surface area contributed by atoms with Crippen LogP contribution in [0.15, 0.2) is 53.5 Å². The van der Waals surface area contributed by atoms with Crippen LogP contribution in [0.4, 0.5) is 0 Å². The number of tetrazole rings is 1. The van der Waals surface area contributed by atoms with Gasteiger partial charge in [-0.2, -0.15) is 5.21 Å². The third-order valence-corrected chi connectivity index (χ3v) is 6.67. The average molecular weight is 461 g/mol. The molecule has 1 aliphatic carbocycles. The third kappa shape index (κ3) is 4.24. The first kappa shape index (κ1) is 22.4. The van der Waals surface area contributed by atoms with Gasteiger partial charge in [-0.15, -0.1) is 10.2 Å². The lowest BCUT2D eigenvalue weighted by Gasteiger charge is -2.23. The van der Waals surface area contributed by atoms with E-state index in [0.717, 1.165) is 22.3 Å². The van der Waals surface area contributed by atoms with Crippen LogP contribution in [0.2, 0.25) is 0 Å². The molecule has 34 heavy (non-hydrogen) atoms. The zero-order valence-corrected chi connectivity index (χ0v) is 19.1. The molecule has 1 aromatic heterocycles. The van der Waals surface area contributed by atoms with E-state index in [9.17, 15) is 15.0 Å². The van der Waals surface area contributed by atoms with Crippen LogP contribution in [0.3, 0.4) is 0 Å². The normalized spacial score (nSPS) is 23.0. The number of hydrogen-bond donors (Lipinski definition) is 3. The minimum absolute atomic E-state index is 0.0452. The Kier molecular flexibility index (Phi) is 5.97. The molecule has 2 aromatic carbocycles. The molecule has 0 saturated heterocycles. The maximum absolute atomic E-state index is 13.4. The van der Waals surface area contributed by atoms with E-state index in [1.54, 1.807) is 11.8 Å². The van der Waals surface area contributed by atoms with Gasteiger partial charge in [-0.05, 0) is 48.1 Å². The Morgan fingerprint density at radius 1 is 1.18 bits per heavy atom. The van der Waals surface area contributed by atoms with Gasteiger partial charge < -0.3 is 10.2 Å². The number of aliphatic imine (C=N–C) groups is 1. The summed E-state index contributed by atoms with van der Waals surface area (Å²) in [7, 11) is 0. The number of amidine groups is 1. The van der Waals surface area contributed by atoms with Crippen molar-refractivity contribution in [3.63, 3.8) is 0 Å². The molecular weight excluding hydrogens is 432 g/mol. The third-order valence-electron chi connectivity index (χ3n) is 6.67. The van der Waals surface area contributed by atoms with Crippen LogP contribution in [-0.4, -0.2) is 65.2 Å². The standard InChI is InChI=1S/C25H28N6O3/c1-16(32)6-11-22-26-25(13-12-19(33)14-25)24(34)31(22)15-17-7-9-18(10-8-17)20-4-2-3-5-21(20)23-27-29-30-28-23/h2-5,7-10,16,19,32-33H,6,11-15H2,1H3,(H,27,28,29,30). The molecule has 1 spiro atoms. The predicted octanol–water partition coefficient (Wildman–Crippen LogP) is 2.72. The number of nitrogens with one attached hydrogen (secondary N) is 1. The van der Waals surface area contributed by atoms with Crippen LogP contribution >= 0.6 is 0 Å². The second kappa shape index (κ2) is 9.08. The first-order valence-electron chi connectivity index (χ1n) is 11.6. The molecule has 1 aliphatic heterocycles. The molecule has 3 N–H and O–H groups in total. The molecule has 9 heteroatoms. The highest BCUT2D eigenvalue weighted by atomic mass is 16.3. The fourth-order valence-corrected chi connectivity index (χ4v) is 4.89. The van der Waals surface area contributed by atoms with Gasteiger partial charge in [0.05, 0.1) is 18.8 Å². The van der Waals surface area contributed by atoms with Crippen molar-refractivity contribution in [1.82, 2.24) is 25.5 Å². The number of aliphatic hydroxyl groups excluding tert-OH is 2. The van der Waals surface area contributed by atoms with E-state index >= 15 is 0 Å². The molecule has 5 rings (SSSR count). The molecule has 3 atom stereocenters. The quantitative estimate of drug-likeness (QED) is 0.497. The summed E-state index contributed by atoms with van der Waals surface area (Å²) in [5.41, 5.74) is 3.01. The number of nitrogens with zero attached hydrogens (tertiary/aromatic N) is 5. The van der Waals surface area contributed by atoms with Gasteiger partial charge in [-0.25, -0.2) is 0 Å². The first-order valence-corrected chi connectivity index (χ1v) is 11.6. The van der Waals surface area contributed by atoms with Gasteiger partial charge in [0.1, 0.15) is 11.4 Å². The first-order chi connectivity index (χ1) is 16.4. The maximum Gasteiger partial charge on any atom is 0.256 e. The summed E-state index contributed by atoms with van der Waals surface area (Å²) >= 11 is 0. The topological polar surface area (TPSA) is 128 Å². The molecule has 3 unspecified atom stereocenters. The SMILES string of the molecule is CC(O)CCC1=NC2(CCC(O)C2)C(=O)N1Cc1ccc(-c2ccccc2-c2nn[nH]n2)cc1. The Balaban J connectivity index is 1.38. The van der Waals surface area contributed by atoms with Gasteiger partial charge in [0, 0.05) is 18.4 Å². The van der Waals surface area contributed by atoms with Crippen molar-refractivity contribution >= 4 is 11.7 Å². The van der Waals surface area contributed by atoms with E-state index in [2.05, 4.69) is 20.6 Å². The molecule has 2 aliphatic rings. The molecule has 176 valence electrons. The van der Waals surface area contributed by atoms with Gasteiger partial charge in [0.2, 0.25) is 5.82 Å². The number of hydrogen-bond acceptors (Lipinski definition) is 7. The van der Waals surface area contributed by atoms with Crippen molar-refractivity contribution < 1.29 is 15.0 Å². The number of rotatable bonds is 7. The molecule has 1 saturated carbocycles. The zero-order valence-electron chi connectivity index (χ0n) is 19.1. The molecule has 0 radical (unpaired) electrons. The fourth-order valence-electron chi connectivity index (χ4n) is 4.89. The Hall–Kier alpha value is -3.43. The van der Waals surface area contributed by atoms with Crippen LogP contribution in [0.25, 0.3) is 22.5 Å². The monoisotopic (exact) mass is 460 g/mol. The van der Waals surface area contributed by atoms with E-state index in [4.69, 9.17) is 4.99 Å². The van der Waals surface area contributed by atoms with E-state index in [-0.39, 0.29) is 5.91 Å². The van der Waals surface area contributed by atoms with Crippen molar-refractivity contribution in [1.29, 1.82) is 0 Å². The lowest BCUT2D eigenvalue weighted by Crippen LogP contribution is -2.41. The van der Waals surface area contributed by atoms with Crippen LogP contribution in [0.1, 0.15) is 44.6 Å². The van der Waals surface area contributed by atoms with Crippen molar-refractivity contribution in [3.05, 3.63) is 54.1 Å². The van der Waals surface area contributed by atoms with Crippen LogP contribution in [0, 0.1) is 0 Å². The van der Waals surface area contributed by atoms with Crippen LogP contribution in [-0.2, 0) is 11.3 Å². The van der Waals surface area contributed by atoms with Gasteiger partial charge in [-0.3, -0.25) is 14.7 Å². The summed E-state index contributed by atoms with van der Waals surface area (Å²) in [6.07, 6.45) is 1.61. The highest BCUT2D eigenvalue weighted by Crippen LogP contribution is 2.40. The highest BCUT2D eigenvalue weighted by molar-refractivity contribution is 6.08. The number of carbonyl (C=O) groups is 1. The van der Waals surface area contributed by atoms with Crippen LogP contribution < -0.4 is 0 Å². The summed E-state index contributed by atoms with van der Waals surface area (Å²) in [6.45, 7) is 2.14. The Morgan fingerprint density at radius 3 is 2.59 bits per heavy atom. The van der Waals surface area contributed by atoms with Gasteiger partial charge in [0.15, 0.2) is 0 Å². The number of aliphatic hydroxyl groups is 2. The molecule has 9 nitrogen and oxygen atoms in total. The molecule has 3 aromatic rings. The second-order valence-electron chi connectivity index (χ2n) is 9.21. The lowest BCUT2D eigenvalue weighted by atomic mass is 9.97. The summed E-state index contributed by atoms with van der Waals surface area (Å²) in [4.78, 5) is 20.0. The number of H-pyrrole nitrogens is 1. The lowest BCUT2D eigenvalue weighted by molar-refractivity contribution is -0.131. The molecule has 2 heterocycles. The minimum Gasteiger partial charge on any atom is -0.393 e. The highest BCUT2D eigenvalue weighted by Gasteiger charge is 2.52. The van der Waals surface area contributed by atoms with Gasteiger partial charge in [0.25, 0.3) is 5.91 Å². The number of amides is 1. The summed E-state index contributed by atoms with van der Waals surface area (Å²) < 4.78 is 0. The van der Waals surface area contributed by atoms with Crippen molar-refractivity contribution in [2.45, 2.75) is 63.3 Å². The fraction of sp³-hybridized carbons (Fsp3) is 0.400.